The van der Waals surface area contributed by atoms with Gasteiger partial charge in [-0.2, -0.15) is 0 Å². The molecule has 23 heavy (non-hydrogen) atoms. The Labute approximate surface area is 145 Å². The van der Waals surface area contributed by atoms with Crippen molar-refractivity contribution in [3.8, 4) is 0 Å². The van der Waals surface area contributed by atoms with Crippen LogP contribution in [0.2, 0.25) is 39.3 Å². The Morgan fingerprint density at radius 1 is 0.565 bits per heavy atom. The van der Waals surface area contributed by atoms with Crippen LogP contribution in [0, 0.1) is 0 Å². The number of benzene rings is 2. The molecule has 0 unspecified atom stereocenters. The molecule has 2 aromatic carbocycles. The fourth-order valence-electron chi connectivity index (χ4n) is 3.51. The third-order valence-electron chi connectivity index (χ3n) is 4.82. The smallest absolute Gasteiger partial charge is 0.0656 e. The van der Waals surface area contributed by atoms with Gasteiger partial charge in [0.2, 0.25) is 0 Å². The molecule has 0 atom stereocenters. The van der Waals surface area contributed by atoms with E-state index in [0.29, 0.717) is 0 Å². The normalized spacial score (nSPS) is 13.2. The summed E-state index contributed by atoms with van der Waals surface area (Å²) in [4.78, 5) is 0. The standard InChI is InChI=1S/C21H32Si2/c1-21(2,17-13-9-11-15-19(17)22(3,4)5)18-14-10-12-16-20(18)23(6,7)8/h9-16H,1-8H3. The molecule has 0 saturated heterocycles. The van der Waals surface area contributed by atoms with Crippen molar-refractivity contribution in [1.29, 1.82) is 0 Å². The van der Waals surface area contributed by atoms with Crippen molar-refractivity contribution in [1.82, 2.24) is 0 Å². The van der Waals surface area contributed by atoms with Gasteiger partial charge in [0.15, 0.2) is 0 Å². The maximum absolute atomic E-state index is 2.45. The lowest BCUT2D eigenvalue weighted by Gasteiger charge is -2.36. The topological polar surface area (TPSA) is 0 Å². The molecule has 0 aromatic heterocycles. The molecule has 0 N–H and O–H groups in total. The highest BCUT2D eigenvalue weighted by molar-refractivity contribution is 6.89. The third kappa shape index (κ3) is 3.69. The van der Waals surface area contributed by atoms with Crippen LogP contribution in [0.1, 0.15) is 25.0 Å². The van der Waals surface area contributed by atoms with E-state index in [-0.39, 0.29) is 5.41 Å². The number of hydrogen-bond donors (Lipinski definition) is 0. The summed E-state index contributed by atoms with van der Waals surface area (Å²) in [5, 5.41) is 3.19. The number of hydrogen-bond acceptors (Lipinski definition) is 0. The van der Waals surface area contributed by atoms with Crippen molar-refractivity contribution in [2.24, 2.45) is 0 Å². The highest BCUT2D eigenvalue weighted by Crippen LogP contribution is 2.31. The monoisotopic (exact) mass is 340 g/mol. The lowest BCUT2D eigenvalue weighted by Crippen LogP contribution is -2.47. The SMILES string of the molecule is CC(C)(c1ccccc1[Si](C)(C)C)c1ccccc1[Si](C)(C)C. The highest BCUT2D eigenvalue weighted by Gasteiger charge is 2.33. The van der Waals surface area contributed by atoms with Crippen LogP contribution < -0.4 is 10.4 Å². The minimum absolute atomic E-state index is 0.0494. The summed E-state index contributed by atoms with van der Waals surface area (Å²) in [6.07, 6.45) is 0. The second-order valence-corrected chi connectivity index (χ2v) is 19.3. The minimum Gasteiger partial charge on any atom is -0.0656 e. The number of rotatable bonds is 4. The summed E-state index contributed by atoms with van der Waals surface area (Å²) in [6.45, 7) is 19.5. The van der Waals surface area contributed by atoms with E-state index >= 15 is 0 Å². The zero-order valence-electron chi connectivity index (χ0n) is 16.1. The first-order valence-corrected chi connectivity index (χ1v) is 15.7. The predicted octanol–water partition coefficient (Wildman–Crippen LogP) is 5.10. The van der Waals surface area contributed by atoms with Crippen molar-refractivity contribution >= 4 is 26.5 Å². The molecule has 124 valence electrons. The van der Waals surface area contributed by atoms with E-state index in [4.69, 9.17) is 0 Å². The molecule has 0 aliphatic heterocycles. The van der Waals surface area contributed by atoms with Crippen molar-refractivity contribution < 1.29 is 0 Å². The van der Waals surface area contributed by atoms with Gasteiger partial charge in [-0.3, -0.25) is 0 Å². The van der Waals surface area contributed by atoms with Gasteiger partial charge in [0, 0.05) is 5.41 Å². The van der Waals surface area contributed by atoms with E-state index in [2.05, 4.69) is 102 Å². The van der Waals surface area contributed by atoms with Crippen LogP contribution in [-0.2, 0) is 5.41 Å². The van der Waals surface area contributed by atoms with E-state index < -0.39 is 16.1 Å². The molecule has 2 aromatic rings. The van der Waals surface area contributed by atoms with E-state index in [1.54, 1.807) is 10.4 Å². The fourth-order valence-corrected chi connectivity index (χ4v) is 7.11. The molecule has 0 saturated carbocycles. The molecule has 0 bridgehead atoms. The average Bonchev–Trinajstić information content (AvgIpc) is 2.45. The molecular weight excluding hydrogens is 308 g/mol. The van der Waals surface area contributed by atoms with E-state index in [9.17, 15) is 0 Å². The largest absolute Gasteiger partial charge is 0.0779 e. The Bertz CT molecular complexity index is 626. The Balaban J connectivity index is 2.71. The maximum Gasteiger partial charge on any atom is 0.0779 e. The summed E-state index contributed by atoms with van der Waals surface area (Å²) in [5.74, 6) is 0. The third-order valence-corrected chi connectivity index (χ3v) is 8.92. The second kappa shape index (κ2) is 6.06. The molecule has 0 spiro atoms. The molecule has 0 aliphatic carbocycles. The highest BCUT2D eigenvalue weighted by atomic mass is 28.3. The van der Waals surface area contributed by atoms with Gasteiger partial charge in [-0.15, -0.1) is 0 Å². The average molecular weight is 341 g/mol. The van der Waals surface area contributed by atoms with Gasteiger partial charge >= 0.3 is 0 Å². The molecule has 0 fully saturated rings. The van der Waals surface area contributed by atoms with Gasteiger partial charge in [0.05, 0.1) is 16.1 Å². The van der Waals surface area contributed by atoms with Crippen molar-refractivity contribution in [2.45, 2.75) is 58.5 Å². The van der Waals surface area contributed by atoms with Crippen LogP contribution in [0.25, 0.3) is 0 Å². The molecule has 0 amide bonds. The summed E-state index contributed by atoms with van der Waals surface area (Å²) in [5.41, 5.74) is 3.09. The summed E-state index contributed by atoms with van der Waals surface area (Å²) < 4.78 is 0. The van der Waals surface area contributed by atoms with Crippen LogP contribution >= 0.6 is 0 Å². The summed E-state index contributed by atoms with van der Waals surface area (Å²) >= 11 is 0. The molecule has 2 heteroatoms. The van der Waals surface area contributed by atoms with Gasteiger partial charge < -0.3 is 0 Å². The molecule has 0 heterocycles. The lowest BCUT2D eigenvalue weighted by atomic mass is 9.78. The van der Waals surface area contributed by atoms with Gasteiger partial charge in [-0.25, -0.2) is 0 Å². The van der Waals surface area contributed by atoms with Crippen LogP contribution in [0.15, 0.2) is 48.5 Å². The molecule has 0 radical (unpaired) electrons. The Morgan fingerprint density at radius 2 is 0.870 bits per heavy atom. The summed E-state index contributed by atoms with van der Waals surface area (Å²) in [7, 11) is -2.74. The van der Waals surface area contributed by atoms with Crippen LogP contribution in [0.3, 0.4) is 0 Å². The molecule has 2 rings (SSSR count). The van der Waals surface area contributed by atoms with Crippen LogP contribution in [-0.4, -0.2) is 16.1 Å². The van der Waals surface area contributed by atoms with Gasteiger partial charge in [-0.1, -0.05) is 112 Å². The van der Waals surface area contributed by atoms with E-state index in [1.807, 2.05) is 0 Å². The van der Waals surface area contributed by atoms with Crippen molar-refractivity contribution in [2.75, 3.05) is 0 Å². The van der Waals surface area contributed by atoms with Gasteiger partial charge in [0.25, 0.3) is 0 Å². The molecular formula is C21H32Si2. The zero-order valence-corrected chi connectivity index (χ0v) is 18.1. The maximum atomic E-state index is 2.45. The van der Waals surface area contributed by atoms with Crippen LogP contribution in [0.5, 0.6) is 0 Å². The van der Waals surface area contributed by atoms with Gasteiger partial charge in [-0.05, 0) is 11.1 Å². The first-order valence-electron chi connectivity index (χ1n) is 8.65. The van der Waals surface area contributed by atoms with Gasteiger partial charge in [0.1, 0.15) is 0 Å². The van der Waals surface area contributed by atoms with E-state index in [0.717, 1.165) is 0 Å². The molecule has 0 nitrogen and oxygen atoms in total. The Morgan fingerprint density at radius 3 is 1.17 bits per heavy atom. The first-order chi connectivity index (χ1) is 10.5. The fraction of sp³-hybridized carbons (Fsp3) is 0.429. The Kier molecular flexibility index (Phi) is 4.80. The first kappa shape index (κ1) is 18.2. The zero-order chi connectivity index (χ0) is 17.5. The van der Waals surface area contributed by atoms with Crippen molar-refractivity contribution in [3.05, 3.63) is 59.7 Å². The van der Waals surface area contributed by atoms with Crippen molar-refractivity contribution in [3.63, 3.8) is 0 Å². The quantitative estimate of drug-likeness (QED) is 0.679. The molecule has 0 aliphatic rings. The summed E-state index contributed by atoms with van der Waals surface area (Å²) in [6, 6.07) is 18.3. The van der Waals surface area contributed by atoms with E-state index in [1.165, 1.54) is 11.1 Å². The lowest BCUT2D eigenvalue weighted by molar-refractivity contribution is 0.648. The predicted molar refractivity (Wildman–Crippen MR) is 111 cm³/mol. The Hall–Kier alpha value is -1.13. The van der Waals surface area contributed by atoms with Crippen LogP contribution in [0.4, 0.5) is 0 Å². The minimum atomic E-state index is -1.37. The second-order valence-electron chi connectivity index (χ2n) is 9.22.